The molecule has 0 unspecified atom stereocenters. The summed E-state index contributed by atoms with van der Waals surface area (Å²) < 4.78 is 4.59. The monoisotopic (exact) mass is 97.1 g/mol. The molecule has 1 aromatic heterocycles. The molecule has 0 aliphatic heterocycles. The maximum absolute atomic E-state index is 4.59. The van der Waals surface area contributed by atoms with E-state index in [4.69, 9.17) is 0 Å². The predicted molar refractivity (Wildman–Crippen MR) is 26.0 cm³/mol. The number of nitrogens with zero attached hydrogens (tertiary/aromatic N) is 1. The van der Waals surface area contributed by atoms with Gasteiger partial charge in [-0.3, -0.25) is 0 Å². The Bertz CT molecular complexity index is 140. The van der Waals surface area contributed by atoms with Crippen molar-refractivity contribution in [3.63, 3.8) is 0 Å². The van der Waals surface area contributed by atoms with E-state index in [0.29, 0.717) is 0 Å². The van der Waals surface area contributed by atoms with Crippen LogP contribution in [0.1, 0.15) is 11.3 Å². The predicted octanol–water partition coefficient (Wildman–Crippen LogP) is 1.29. The van der Waals surface area contributed by atoms with Gasteiger partial charge in [0.1, 0.15) is 6.26 Å². The van der Waals surface area contributed by atoms with Crippen molar-refractivity contribution in [2.45, 2.75) is 13.8 Å². The molecule has 1 heterocycles. The molecule has 0 aliphatic rings. The Morgan fingerprint density at radius 1 is 1.57 bits per heavy atom. The molecule has 0 saturated heterocycles. The minimum atomic E-state index is 0.972. The largest absolute Gasteiger partial charge is 0.364 e. The first kappa shape index (κ1) is 4.37. The standard InChI is InChI=1S/C5H7NO/c1-4-3-7-6-5(4)2/h3H,1-2H3. The van der Waals surface area contributed by atoms with E-state index in [2.05, 4.69) is 9.68 Å². The van der Waals surface area contributed by atoms with Crippen molar-refractivity contribution in [2.24, 2.45) is 0 Å². The summed E-state index contributed by atoms with van der Waals surface area (Å²) in [6.45, 7) is 3.88. The zero-order valence-electron chi connectivity index (χ0n) is 4.43. The molecule has 1 rings (SSSR count). The first-order valence-electron chi connectivity index (χ1n) is 2.18. The third kappa shape index (κ3) is 0.633. The number of aryl methyl sites for hydroxylation is 2. The molecule has 7 heavy (non-hydrogen) atoms. The van der Waals surface area contributed by atoms with Crippen molar-refractivity contribution in [1.29, 1.82) is 0 Å². The van der Waals surface area contributed by atoms with Crippen molar-refractivity contribution in [3.8, 4) is 0 Å². The molecule has 0 bridgehead atoms. The third-order valence-electron chi connectivity index (χ3n) is 0.990. The smallest absolute Gasteiger partial charge is 0.126 e. The van der Waals surface area contributed by atoms with Crippen LogP contribution in [0.2, 0.25) is 0 Å². The lowest BCUT2D eigenvalue weighted by atomic mass is 10.3. The van der Waals surface area contributed by atoms with E-state index in [0.717, 1.165) is 11.3 Å². The van der Waals surface area contributed by atoms with Crippen molar-refractivity contribution < 1.29 is 4.52 Å². The summed E-state index contributed by atoms with van der Waals surface area (Å²) >= 11 is 0. The average Bonchev–Trinajstić information content (AvgIpc) is 1.91. The van der Waals surface area contributed by atoms with Gasteiger partial charge in [-0.15, -0.1) is 0 Å². The zero-order chi connectivity index (χ0) is 5.28. The van der Waals surface area contributed by atoms with Gasteiger partial charge in [0, 0.05) is 5.56 Å². The molecule has 0 saturated carbocycles. The fraction of sp³-hybridized carbons (Fsp3) is 0.400. The molecule has 2 nitrogen and oxygen atoms in total. The topological polar surface area (TPSA) is 26.0 Å². The Hall–Kier alpha value is -0.790. The molecule has 0 spiro atoms. The molecule has 0 atom stereocenters. The highest BCUT2D eigenvalue weighted by atomic mass is 16.5. The minimum Gasteiger partial charge on any atom is -0.364 e. The fourth-order valence-corrected chi connectivity index (χ4v) is 0.342. The molecule has 0 radical (unpaired) electrons. The molecule has 0 aromatic carbocycles. The van der Waals surface area contributed by atoms with E-state index in [1.165, 1.54) is 0 Å². The minimum absolute atomic E-state index is 0.972. The van der Waals surface area contributed by atoms with Crippen LogP contribution in [0.25, 0.3) is 0 Å². The second-order valence-electron chi connectivity index (χ2n) is 1.58. The second-order valence-corrected chi connectivity index (χ2v) is 1.58. The van der Waals surface area contributed by atoms with E-state index in [-0.39, 0.29) is 0 Å². The summed E-state index contributed by atoms with van der Waals surface area (Å²) in [6.07, 6.45) is 1.63. The van der Waals surface area contributed by atoms with Crippen molar-refractivity contribution in [3.05, 3.63) is 17.5 Å². The number of aromatic nitrogens is 1. The number of rotatable bonds is 0. The summed E-state index contributed by atoms with van der Waals surface area (Å²) in [5, 5.41) is 3.64. The van der Waals surface area contributed by atoms with Crippen LogP contribution in [0.4, 0.5) is 0 Å². The van der Waals surface area contributed by atoms with Gasteiger partial charge in [0.05, 0.1) is 5.69 Å². The van der Waals surface area contributed by atoms with Crippen LogP contribution in [0, 0.1) is 13.8 Å². The van der Waals surface area contributed by atoms with E-state index in [9.17, 15) is 0 Å². The van der Waals surface area contributed by atoms with Crippen LogP contribution in [-0.2, 0) is 0 Å². The first-order chi connectivity index (χ1) is 3.30. The summed E-state index contributed by atoms with van der Waals surface area (Å²) in [4.78, 5) is 0. The van der Waals surface area contributed by atoms with Gasteiger partial charge in [-0.1, -0.05) is 5.16 Å². The highest BCUT2D eigenvalue weighted by molar-refractivity contribution is 5.08. The Morgan fingerprint density at radius 2 is 2.29 bits per heavy atom. The molecule has 0 N–H and O–H groups in total. The van der Waals surface area contributed by atoms with Gasteiger partial charge in [-0.25, -0.2) is 0 Å². The summed E-state index contributed by atoms with van der Waals surface area (Å²) in [5.74, 6) is 0. The van der Waals surface area contributed by atoms with Crippen LogP contribution >= 0.6 is 0 Å². The summed E-state index contributed by atoms with van der Waals surface area (Å²) in [7, 11) is 0. The number of hydrogen-bond donors (Lipinski definition) is 0. The maximum Gasteiger partial charge on any atom is 0.126 e. The third-order valence-corrected chi connectivity index (χ3v) is 0.990. The van der Waals surface area contributed by atoms with Gasteiger partial charge in [-0.05, 0) is 13.8 Å². The normalized spacial score (nSPS) is 9.43. The van der Waals surface area contributed by atoms with E-state index >= 15 is 0 Å². The Labute approximate surface area is 42.1 Å². The van der Waals surface area contributed by atoms with Crippen LogP contribution < -0.4 is 0 Å². The highest BCUT2D eigenvalue weighted by Gasteiger charge is 1.90. The van der Waals surface area contributed by atoms with Gasteiger partial charge in [0.15, 0.2) is 0 Å². The van der Waals surface area contributed by atoms with Gasteiger partial charge < -0.3 is 4.52 Å². The van der Waals surface area contributed by atoms with Gasteiger partial charge in [-0.2, -0.15) is 0 Å². The second kappa shape index (κ2) is 1.37. The van der Waals surface area contributed by atoms with E-state index in [1.54, 1.807) is 6.26 Å². The Morgan fingerprint density at radius 3 is 2.43 bits per heavy atom. The van der Waals surface area contributed by atoms with Gasteiger partial charge >= 0.3 is 0 Å². The Balaban J connectivity index is 3.12. The van der Waals surface area contributed by atoms with Crippen LogP contribution in [-0.4, -0.2) is 5.16 Å². The summed E-state index contributed by atoms with van der Waals surface area (Å²) in [5.41, 5.74) is 2.08. The molecule has 1 aromatic rings. The number of hydrogen-bond acceptors (Lipinski definition) is 2. The van der Waals surface area contributed by atoms with Crippen molar-refractivity contribution >= 4 is 0 Å². The fourth-order valence-electron chi connectivity index (χ4n) is 0.342. The van der Waals surface area contributed by atoms with Gasteiger partial charge in [0.25, 0.3) is 0 Å². The molecule has 0 fully saturated rings. The summed E-state index contributed by atoms with van der Waals surface area (Å²) in [6, 6.07) is 0. The molecule has 0 aliphatic carbocycles. The average molecular weight is 97.1 g/mol. The highest BCUT2D eigenvalue weighted by Crippen LogP contribution is 1.99. The molecule has 0 amide bonds. The first-order valence-corrected chi connectivity index (χ1v) is 2.18. The van der Waals surface area contributed by atoms with Crippen LogP contribution in [0.5, 0.6) is 0 Å². The quantitative estimate of drug-likeness (QED) is 0.487. The lowest BCUT2D eigenvalue weighted by Crippen LogP contribution is -1.69. The molecular weight excluding hydrogens is 90.1 g/mol. The van der Waals surface area contributed by atoms with Crippen molar-refractivity contribution in [2.75, 3.05) is 0 Å². The lowest BCUT2D eigenvalue weighted by molar-refractivity contribution is 0.414. The van der Waals surface area contributed by atoms with E-state index in [1.807, 2.05) is 13.8 Å². The zero-order valence-corrected chi connectivity index (χ0v) is 4.43. The molecular formula is C5H7NO. The lowest BCUT2D eigenvalue weighted by Gasteiger charge is -1.74. The maximum atomic E-state index is 4.59. The van der Waals surface area contributed by atoms with Crippen LogP contribution in [0.3, 0.4) is 0 Å². The Kier molecular flexibility index (Phi) is 0.855. The molecule has 38 valence electrons. The molecule has 2 heteroatoms. The van der Waals surface area contributed by atoms with Crippen molar-refractivity contribution in [1.82, 2.24) is 5.16 Å². The van der Waals surface area contributed by atoms with E-state index < -0.39 is 0 Å². The van der Waals surface area contributed by atoms with Crippen LogP contribution in [0.15, 0.2) is 10.8 Å². The SMILES string of the molecule is Cc1conc1C. The van der Waals surface area contributed by atoms with Gasteiger partial charge in [0.2, 0.25) is 0 Å².